The lowest BCUT2D eigenvalue weighted by molar-refractivity contribution is 0.617. The van der Waals surface area contributed by atoms with Crippen LogP contribution < -0.4 is 5.73 Å². The van der Waals surface area contributed by atoms with Crippen molar-refractivity contribution in [2.75, 3.05) is 5.73 Å². The van der Waals surface area contributed by atoms with Crippen molar-refractivity contribution in [2.45, 2.75) is 6.92 Å². The van der Waals surface area contributed by atoms with Crippen LogP contribution in [0.1, 0.15) is 5.56 Å². The number of benzene rings is 1. The monoisotopic (exact) mass is 341 g/mol. The van der Waals surface area contributed by atoms with Crippen LogP contribution in [0.2, 0.25) is 0 Å². The summed E-state index contributed by atoms with van der Waals surface area (Å²) >= 11 is 3.49. The number of aromatic nitrogens is 2. The van der Waals surface area contributed by atoms with Gasteiger partial charge in [-0.3, -0.25) is 4.40 Å². The molecule has 0 bridgehead atoms. The Morgan fingerprint density at radius 2 is 2.10 bits per heavy atom. The van der Waals surface area contributed by atoms with E-state index < -0.39 is 0 Å². The van der Waals surface area contributed by atoms with Crippen molar-refractivity contribution in [3.63, 3.8) is 0 Å². The molecule has 0 unspecified atom stereocenters. The van der Waals surface area contributed by atoms with E-state index in [0.717, 1.165) is 37.9 Å². The van der Waals surface area contributed by atoms with E-state index in [2.05, 4.69) is 15.9 Å². The molecule has 4 nitrogen and oxygen atoms in total. The zero-order valence-electron chi connectivity index (χ0n) is 11.3. The molecule has 4 aromatic rings. The molecule has 0 spiro atoms. The van der Waals surface area contributed by atoms with E-state index in [4.69, 9.17) is 15.1 Å². The molecule has 0 aliphatic carbocycles. The zero-order valence-corrected chi connectivity index (χ0v) is 12.9. The quantitative estimate of drug-likeness (QED) is 0.558. The number of rotatable bonds is 1. The van der Waals surface area contributed by atoms with Crippen molar-refractivity contribution >= 4 is 38.4 Å². The minimum atomic E-state index is 0.612. The fourth-order valence-corrected chi connectivity index (χ4v) is 3.19. The molecule has 0 radical (unpaired) electrons. The van der Waals surface area contributed by atoms with Crippen molar-refractivity contribution in [1.29, 1.82) is 0 Å². The molecule has 0 aliphatic rings. The lowest BCUT2D eigenvalue weighted by atomic mass is 10.1. The Bertz CT molecular complexity index is 984. The highest BCUT2D eigenvalue weighted by atomic mass is 79.9. The van der Waals surface area contributed by atoms with E-state index >= 15 is 0 Å². The number of pyridine rings is 1. The summed E-state index contributed by atoms with van der Waals surface area (Å²) < 4.78 is 8.47. The van der Waals surface area contributed by atoms with Gasteiger partial charge in [0.2, 0.25) is 0 Å². The SMILES string of the molecule is Cc1cc(Br)cn2c(N)c(-c3coc4ccccc34)nc12. The van der Waals surface area contributed by atoms with Gasteiger partial charge in [-0.1, -0.05) is 18.2 Å². The normalized spacial score (nSPS) is 11.5. The molecule has 0 saturated heterocycles. The summed E-state index contributed by atoms with van der Waals surface area (Å²) in [6.07, 6.45) is 3.64. The summed E-state index contributed by atoms with van der Waals surface area (Å²) in [6.45, 7) is 2.02. The Balaban J connectivity index is 2.07. The average Bonchev–Trinajstić information content (AvgIpc) is 3.01. The highest BCUT2D eigenvalue weighted by Crippen LogP contribution is 2.34. The molecule has 104 valence electrons. The molecule has 4 rings (SSSR count). The summed E-state index contributed by atoms with van der Waals surface area (Å²) in [4.78, 5) is 4.70. The molecule has 2 N–H and O–H groups in total. The summed E-state index contributed by atoms with van der Waals surface area (Å²) in [5, 5.41) is 1.02. The topological polar surface area (TPSA) is 56.5 Å². The van der Waals surface area contributed by atoms with Crippen molar-refractivity contribution in [3.8, 4) is 11.3 Å². The molecule has 0 fully saturated rings. The van der Waals surface area contributed by atoms with Gasteiger partial charge in [0.05, 0.1) is 5.56 Å². The number of imidazole rings is 1. The van der Waals surface area contributed by atoms with E-state index in [1.807, 2.05) is 47.9 Å². The Kier molecular flexibility index (Phi) is 2.59. The van der Waals surface area contributed by atoms with Crippen molar-refractivity contribution < 1.29 is 4.42 Å². The van der Waals surface area contributed by atoms with Gasteiger partial charge >= 0.3 is 0 Å². The van der Waals surface area contributed by atoms with Crippen LogP contribution in [0.3, 0.4) is 0 Å². The summed E-state index contributed by atoms with van der Waals surface area (Å²) in [5.74, 6) is 0.612. The van der Waals surface area contributed by atoms with Crippen LogP contribution in [-0.2, 0) is 0 Å². The number of para-hydroxylation sites is 1. The van der Waals surface area contributed by atoms with Crippen LogP contribution in [0, 0.1) is 6.92 Å². The number of nitrogens with zero attached hydrogens (tertiary/aromatic N) is 2. The average molecular weight is 342 g/mol. The fraction of sp³-hybridized carbons (Fsp3) is 0.0625. The second kappa shape index (κ2) is 4.36. The second-order valence-electron chi connectivity index (χ2n) is 5.03. The molecule has 0 saturated carbocycles. The van der Waals surface area contributed by atoms with Gasteiger partial charge in [-0.05, 0) is 40.5 Å². The van der Waals surface area contributed by atoms with Crippen molar-refractivity contribution in [2.24, 2.45) is 0 Å². The van der Waals surface area contributed by atoms with Crippen LogP contribution in [0.15, 0.2) is 51.7 Å². The maximum Gasteiger partial charge on any atom is 0.142 e. The predicted molar refractivity (Wildman–Crippen MR) is 87.2 cm³/mol. The van der Waals surface area contributed by atoms with Crippen LogP contribution in [-0.4, -0.2) is 9.38 Å². The van der Waals surface area contributed by atoms with Crippen LogP contribution in [0.5, 0.6) is 0 Å². The van der Waals surface area contributed by atoms with Gasteiger partial charge < -0.3 is 10.2 Å². The number of hydrogen-bond acceptors (Lipinski definition) is 3. The zero-order chi connectivity index (χ0) is 14.6. The summed E-state index contributed by atoms with van der Waals surface area (Å²) in [5.41, 5.74) is 10.7. The van der Waals surface area contributed by atoms with E-state index in [1.54, 1.807) is 6.26 Å². The minimum absolute atomic E-state index is 0.612. The van der Waals surface area contributed by atoms with Gasteiger partial charge in [0.25, 0.3) is 0 Å². The lowest BCUT2D eigenvalue weighted by Gasteiger charge is -2.00. The predicted octanol–water partition coefficient (Wildman–Crippen LogP) is 4.40. The summed E-state index contributed by atoms with van der Waals surface area (Å²) in [6, 6.07) is 9.91. The molecular weight excluding hydrogens is 330 g/mol. The van der Waals surface area contributed by atoms with Gasteiger partial charge in [-0.15, -0.1) is 0 Å². The first-order valence-electron chi connectivity index (χ1n) is 6.55. The standard InChI is InChI=1S/C16H12BrN3O/c1-9-6-10(17)7-20-15(18)14(19-16(9)20)12-8-21-13-5-3-2-4-11(12)13/h2-8H,18H2,1H3. The third-order valence-corrected chi connectivity index (χ3v) is 4.08. The molecule has 3 heterocycles. The number of halogens is 1. The molecule has 5 heteroatoms. The van der Waals surface area contributed by atoms with Gasteiger partial charge in [0.1, 0.15) is 29.0 Å². The number of anilines is 1. The maximum atomic E-state index is 6.30. The largest absolute Gasteiger partial charge is 0.464 e. The molecule has 21 heavy (non-hydrogen) atoms. The first kappa shape index (κ1) is 12.5. The molecule has 0 aliphatic heterocycles. The second-order valence-corrected chi connectivity index (χ2v) is 5.94. The first-order valence-corrected chi connectivity index (χ1v) is 7.35. The number of aryl methyl sites for hydroxylation is 1. The lowest BCUT2D eigenvalue weighted by Crippen LogP contribution is -1.95. The highest BCUT2D eigenvalue weighted by Gasteiger charge is 2.17. The smallest absolute Gasteiger partial charge is 0.142 e. The van der Waals surface area contributed by atoms with Gasteiger partial charge in [-0.25, -0.2) is 4.98 Å². The fourth-order valence-electron chi connectivity index (χ4n) is 2.65. The van der Waals surface area contributed by atoms with Gasteiger partial charge in [-0.2, -0.15) is 0 Å². The highest BCUT2D eigenvalue weighted by molar-refractivity contribution is 9.10. The third kappa shape index (κ3) is 1.77. The Labute approximate surface area is 129 Å². The van der Waals surface area contributed by atoms with Crippen molar-refractivity contribution in [1.82, 2.24) is 9.38 Å². The van der Waals surface area contributed by atoms with Gasteiger partial charge in [0.15, 0.2) is 0 Å². The molecule has 1 aromatic carbocycles. The minimum Gasteiger partial charge on any atom is -0.464 e. The number of hydrogen-bond donors (Lipinski definition) is 1. The number of nitrogens with two attached hydrogens (primary N) is 1. The Hall–Kier alpha value is -2.27. The third-order valence-electron chi connectivity index (χ3n) is 3.64. The first-order chi connectivity index (χ1) is 10.1. The number of fused-ring (bicyclic) bond motifs is 2. The molecule has 0 atom stereocenters. The van der Waals surface area contributed by atoms with Crippen molar-refractivity contribution in [3.05, 3.63) is 52.8 Å². The van der Waals surface area contributed by atoms with E-state index in [0.29, 0.717) is 5.82 Å². The van der Waals surface area contributed by atoms with E-state index in [9.17, 15) is 0 Å². The van der Waals surface area contributed by atoms with E-state index in [-0.39, 0.29) is 0 Å². The van der Waals surface area contributed by atoms with Crippen LogP contribution in [0.4, 0.5) is 5.82 Å². The van der Waals surface area contributed by atoms with Gasteiger partial charge in [0, 0.05) is 16.1 Å². The van der Waals surface area contributed by atoms with E-state index in [1.165, 1.54) is 0 Å². The van der Waals surface area contributed by atoms with Crippen LogP contribution in [0.25, 0.3) is 27.9 Å². The number of furan rings is 1. The molecule has 0 amide bonds. The Morgan fingerprint density at radius 1 is 1.29 bits per heavy atom. The number of nitrogen functional groups attached to an aromatic ring is 1. The van der Waals surface area contributed by atoms with Crippen LogP contribution >= 0.6 is 15.9 Å². The summed E-state index contributed by atoms with van der Waals surface area (Å²) in [7, 11) is 0. The Morgan fingerprint density at radius 3 is 2.95 bits per heavy atom. The molecule has 3 aromatic heterocycles. The maximum absolute atomic E-state index is 6.30. The molecular formula is C16H12BrN3O.